The molecule has 6 nitrogen and oxygen atoms in total. The Kier molecular flexibility index (Phi) is 7.40. The van der Waals surface area contributed by atoms with Crippen molar-refractivity contribution in [1.29, 1.82) is 0 Å². The van der Waals surface area contributed by atoms with E-state index in [1.807, 2.05) is 13.0 Å². The summed E-state index contributed by atoms with van der Waals surface area (Å²) >= 11 is 5.98. The van der Waals surface area contributed by atoms with Crippen LogP contribution in [0.3, 0.4) is 0 Å². The molecular weight excluding hydrogens is 493 g/mol. The number of rotatable bonds is 5. The number of anilines is 3. The van der Waals surface area contributed by atoms with Crippen LogP contribution in [0.15, 0.2) is 66.7 Å². The molecule has 0 aliphatic carbocycles. The summed E-state index contributed by atoms with van der Waals surface area (Å²) in [6, 6.07) is 16.2. The third-order valence-electron chi connectivity index (χ3n) is 5.71. The Balaban J connectivity index is 1.52. The quantitative estimate of drug-likeness (QED) is 0.378. The Labute approximate surface area is 211 Å². The number of aryl methyl sites for hydroxylation is 1. The van der Waals surface area contributed by atoms with Crippen molar-refractivity contribution in [1.82, 2.24) is 4.90 Å². The number of amides is 4. The molecule has 36 heavy (non-hydrogen) atoms. The van der Waals surface area contributed by atoms with E-state index in [-0.39, 0.29) is 12.6 Å². The minimum atomic E-state index is -4.46. The maximum atomic E-state index is 13.4. The molecular formula is C26H24ClF3N4O2. The van der Waals surface area contributed by atoms with Crippen molar-refractivity contribution < 1.29 is 22.8 Å². The molecule has 1 aliphatic heterocycles. The lowest BCUT2D eigenvalue weighted by atomic mass is 10.1. The van der Waals surface area contributed by atoms with Crippen molar-refractivity contribution in [2.75, 3.05) is 28.6 Å². The van der Waals surface area contributed by atoms with Crippen molar-refractivity contribution in [2.45, 2.75) is 26.1 Å². The molecule has 10 heteroatoms. The number of hydrogen-bond donors (Lipinski definition) is 2. The molecule has 0 aromatic heterocycles. The van der Waals surface area contributed by atoms with Gasteiger partial charge in [0.05, 0.1) is 16.9 Å². The van der Waals surface area contributed by atoms with Crippen LogP contribution in [0.5, 0.6) is 0 Å². The summed E-state index contributed by atoms with van der Waals surface area (Å²) in [5.74, 6) is 0. The molecule has 1 fully saturated rings. The van der Waals surface area contributed by atoms with Gasteiger partial charge in [-0.15, -0.1) is 0 Å². The Hall–Kier alpha value is -3.72. The lowest BCUT2D eigenvalue weighted by Gasteiger charge is -2.36. The van der Waals surface area contributed by atoms with Gasteiger partial charge in [0.1, 0.15) is 0 Å². The maximum Gasteiger partial charge on any atom is 0.416 e. The molecule has 3 aromatic rings. The molecule has 1 aliphatic rings. The summed E-state index contributed by atoms with van der Waals surface area (Å²) in [7, 11) is 0. The van der Waals surface area contributed by atoms with Gasteiger partial charge in [0, 0.05) is 30.3 Å². The Morgan fingerprint density at radius 2 is 1.78 bits per heavy atom. The number of benzene rings is 3. The Morgan fingerprint density at radius 3 is 2.53 bits per heavy atom. The standard InChI is InChI=1S/C26H24ClF3N4O2/c1-17-9-10-23(22(13-17)32-24(35)31-21-8-3-7-20(27)15-21)34-12-4-11-33(25(34)36)16-18-5-2-6-19(14-18)26(28,29)30/h2-3,5-10,13-15H,4,11-12,16H2,1H3,(H2,31,32,35). The van der Waals surface area contributed by atoms with E-state index in [1.165, 1.54) is 15.9 Å². The third kappa shape index (κ3) is 6.09. The molecule has 0 radical (unpaired) electrons. The van der Waals surface area contributed by atoms with Crippen LogP contribution in [0.25, 0.3) is 0 Å². The summed E-state index contributed by atoms with van der Waals surface area (Å²) in [6.07, 6.45) is -3.84. The van der Waals surface area contributed by atoms with Crippen LogP contribution in [0.2, 0.25) is 5.02 Å². The van der Waals surface area contributed by atoms with Gasteiger partial charge in [-0.05, 0) is 66.9 Å². The largest absolute Gasteiger partial charge is 0.416 e. The average molecular weight is 517 g/mol. The van der Waals surface area contributed by atoms with E-state index in [2.05, 4.69) is 10.6 Å². The van der Waals surface area contributed by atoms with Crippen LogP contribution in [-0.2, 0) is 12.7 Å². The highest BCUT2D eigenvalue weighted by Crippen LogP contribution is 2.32. The van der Waals surface area contributed by atoms with E-state index >= 15 is 0 Å². The highest BCUT2D eigenvalue weighted by atomic mass is 35.5. The predicted molar refractivity (Wildman–Crippen MR) is 134 cm³/mol. The minimum Gasteiger partial charge on any atom is -0.320 e. The zero-order valence-electron chi connectivity index (χ0n) is 19.4. The number of carbonyl (C=O) groups excluding carboxylic acids is 2. The van der Waals surface area contributed by atoms with Crippen LogP contribution in [0.1, 0.15) is 23.1 Å². The summed E-state index contributed by atoms with van der Waals surface area (Å²) in [5.41, 5.74) is 1.96. The smallest absolute Gasteiger partial charge is 0.320 e. The summed E-state index contributed by atoms with van der Waals surface area (Å²) < 4.78 is 39.3. The second kappa shape index (κ2) is 10.5. The van der Waals surface area contributed by atoms with Gasteiger partial charge in [0.2, 0.25) is 0 Å². The second-order valence-electron chi connectivity index (χ2n) is 8.52. The lowest BCUT2D eigenvalue weighted by Crippen LogP contribution is -2.49. The molecule has 0 bridgehead atoms. The first-order valence-corrected chi connectivity index (χ1v) is 11.6. The fraction of sp³-hybridized carbons (Fsp3) is 0.231. The zero-order valence-corrected chi connectivity index (χ0v) is 20.2. The molecule has 0 saturated carbocycles. The minimum absolute atomic E-state index is 0.0448. The third-order valence-corrected chi connectivity index (χ3v) is 5.95. The molecule has 4 amide bonds. The first kappa shape index (κ1) is 25.4. The van der Waals surface area contributed by atoms with E-state index in [1.54, 1.807) is 42.5 Å². The Bertz CT molecular complexity index is 1280. The van der Waals surface area contributed by atoms with Gasteiger partial charge in [0.15, 0.2) is 0 Å². The maximum absolute atomic E-state index is 13.4. The summed E-state index contributed by atoms with van der Waals surface area (Å²) in [6.45, 7) is 2.73. The van der Waals surface area contributed by atoms with Gasteiger partial charge in [-0.2, -0.15) is 13.2 Å². The van der Waals surface area contributed by atoms with Crippen molar-refractivity contribution in [3.05, 3.63) is 88.4 Å². The molecule has 1 heterocycles. The van der Waals surface area contributed by atoms with Crippen LogP contribution < -0.4 is 15.5 Å². The molecule has 2 N–H and O–H groups in total. The van der Waals surface area contributed by atoms with E-state index in [0.29, 0.717) is 47.2 Å². The molecule has 0 unspecified atom stereocenters. The summed E-state index contributed by atoms with van der Waals surface area (Å²) in [5, 5.41) is 5.98. The second-order valence-corrected chi connectivity index (χ2v) is 8.95. The predicted octanol–water partition coefficient (Wildman–Crippen LogP) is 7.14. The number of nitrogens with zero attached hydrogens (tertiary/aromatic N) is 2. The normalized spacial score (nSPS) is 14.1. The average Bonchev–Trinajstić information content (AvgIpc) is 2.80. The molecule has 0 atom stereocenters. The van der Waals surface area contributed by atoms with Crippen LogP contribution in [0, 0.1) is 6.92 Å². The first-order chi connectivity index (χ1) is 17.1. The highest BCUT2D eigenvalue weighted by Gasteiger charge is 2.32. The van der Waals surface area contributed by atoms with E-state index in [9.17, 15) is 22.8 Å². The van der Waals surface area contributed by atoms with Gasteiger partial charge >= 0.3 is 18.2 Å². The van der Waals surface area contributed by atoms with E-state index in [4.69, 9.17) is 11.6 Å². The summed E-state index contributed by atoms with van der Waals surface area (Å²) in [4.78, 5) is 29.1. The van der Waals surface area contributed by atoms with Crippen LogP contribution >= 0.6 is 11.6 Å². The van der Waals surface area contributed by atoms with Crippen LogP contribution in [-0.4, -0.2) is 30.1 Å². The van der Waals surface area contributed by atoms with Gasteiger partial charge in [-0.25, -0.2) is 9.59 Å². The van der Waals surface area contributed by atoms with Crippen molar-refractivity contribution in [3.63, 3.8) is 0 Å². The number of urea groups is 2. The number of hydrogen-bond acceptors (Lipinski definition) is 2. The van der Waals surface area contributed by atoms with Crippen LogP contribution in [0.4, 0.5) is 39.8 Å². The van der Waals surface area contributed by atoms with Gasteiger partial charge in [-0.1, -0.05) is 35.9 Å². The molecule has 1 saturated heterocycles. The Morgan fingerprint density at radius 1 is 1.00 bits per heavy atom. The highest BCUT2D eigenvalue weighted by molar-refractivity contribution is 6.30. The molecule has 188 valence electrons. The van der Waals surface area contributed by atoms with Crippen molar-refractivity contribution >= 4 is 40.7 Å². The lowest BCUT2D eigenvalue weighted by molar-refractivity contribution is -0.137. The number of halogens is 4. The topological polar surface area (TPSA) is 64.7 Å². The zero-order chi connectivity index (χ0) is 25.9. The number of carbonyl (C=O) groups is 2. The van der Waals surface area contributed by atoms with Crippen molar-refractivity contribution in [3.8, 4) is 0 Å². The molecule has 3 aromatic carbocycles. The SMILES string of the molecule is Cc1ccc(N2CCCN(Cc3cccc(C(F)(F)F)c3)C2=O)c(NC(=O)Nc2cccc(Cl)c2)c1. The molecule has 4 rings (SSSR count). The van der Waals surface area contributed by atoms with Gasteiger partial charge in [-0.3, -0.25) is 4.90 Å². The fourth-order valence-electron chi connectivity index (χ4n) is 4.05. The van der Waals surface area contributed by atoms with E-state index in [0.717, 1.165) is 17.7 Å². The number of alkyl halides is 3. The monoisotopic (exact) mass is 516 g/mol. The van der Waals surface area contributed by atoms with Gasteiger partial charge < -0.3 is 15.5 Å². The molecule has 0 spiro atoms. The van der Waals surface area contributed by atoms with Crippen molar-refractivity contribution in [2.24, 2.45) is 0 Å². The van der Waals surface area contributed by atoms with Gasteiger partial charge in [0.25, 0.3) is 0 Å². The fourth-order valence-corrected chi connectivity index (χ4v) is 4.24. The number of nitrogens with one attached hydrogen (secondary N) is 2. The van der Waals surface area contributed by atoms with E-state index < -0.39 is 17.8 Å². The first-order valence-electron chi connectivity index (χ1n) is 11.3.